The molecular formula is C14H20N2. The van der Waals surface area contributed by atoms with E-state index in [1.807, 2.05) is 58.1 Å². The number of hydrogen-bond donors (Lipinski definition) is 0. The van der Waals surface area contributed by atoms with Crippen LogP contribution in [0.1, 0.15) is 33.3 Å². The molecule has 0 bridgehead atoms. The van der Waals surface area contributed by atoms with Gasteiger partial charge in [-0.25, -0.2) is 0 Å². The molecule has 0 saturated heterocycles. The van der Waals surface area contributed by atoms with Gasteiger partial charge < -0.3 is 0 Å². The van der Waals surface area contributed by atoms with Crippen LogP contribution in [0, 0.1) is 0 Å². The van der Waals surface area contributed by atoms with Gasteiger partial charge in [-0.05, 0) is 32.1 Å². The number of allylic oxidation sites excluding steroid dienone is 3. The van der Waals surface area contributed by atoms with E-state index in [0.29, 0.717) is 0 Å². The fourth-order valence-electron chi connectivity index (χ4n) is 1.06. The number of pyridine rings is 1. The van der Waals surface area contributed by atoms with Gasteiger partial charge in [0.1, 0.15) is 0 Å². The zero-order chi connectivity index (χ0) is 12.2. The van der Waals surface area contributed by atoms with Gasteiger partial charge in [0.15, 0.2) is 0 Å². The van der Waals surface area contributed by atoms with Gasteiger partial charge in [0.2, 0.25) is 0 Å². The van der Waals surface area contributed by atoms with Gasteiger partial charge in [-0.2, -0.15) is 0 Å². The number of hydrogen-bond acceptors (Lipinski definition) is 2. The summed E-state index contributed by atoms with van der Waals surface area (Å²) in [5, 5.41) is 0. The summed E-state index contributed by atoms with van der Waals surface area (Å²) in [7, 11) is 0. The lowest BCUT2D eigenvalue weighted by Gasteiger charge is -1.99. The molecule has 0 N–H and O–H groups in total. The zero-order valence-electron chi connectivity index (χ0n) is 10.5. The van der Waals surface area contributed by atoms with E-state index in [0.717, 1.165) is 11.3 Å². The van der Waals surface area contributed by atoms with Gasteiger partial charge in [0.25, 0.3) is 0 Å². The Morgan fingerprint density at radius 3 is 2.31 bits per heavy atom. The van der Waals surface area contributed by atoms with Gasteiger partial charge in [-0.3, -0.25) is 9.98 Å². The molecule has 0 aromatic carbocycles. The molecule has 1 aromatic rings. The minimum Gasteiger partial charge on any atom is -0.265 e. The molecule has 2 nitrogen and oxygen atoms in total. The first kappa shape index (κ1) is 14.3. The summed E-state index contributed by atoms with van der Waals surface area (Å²) in [5.41, 5.74) is 2.03. The molecule has 1 heterocycles. The summed E-state index contributed by atoms with van der Waals surface area (Å²) in [4.78, 5) is 8.26. The lowest BCUT2D eigenvalue weighted by Crippen LogP contribution is -1.81. The minimum absolute atomic E-state index is 0.952. The fourth-order valence-corrected chi connectivity index (χ4v) is 1.06. The molecule has 0 saturated carbocycles. The topological polar surface area (TPSA) is 25.2 Å². The SMILES string of the molecule is CC.CC=N/C(=C\C=C/C)c1ccncc1. The quantitative estimate of drug-likeness (QED) is 0.551. The maximum Gasteiger partial charge on any atom is 0.0698 e. The van der Waals surface area contributed by atoms with E-state index in [1.54, 1.807) is 18.6 Å². The molecule has 0 amide bonds. The predicted molar refractivity (Wildman–Crippen MR) is 72.5 cm³/mol. The first-order chi connectivity index (χ1) is 7.88. The van der Waals surface area contributed by atoms with E-state index in [4.69, 9.17) is 0 Å². The van der Waals surface area contributed by atoms with Gasteiger partial charge >= 0.3 is 0 Å². The van der Waals surface area contributed by atoms with Crippen molar-refractivity contribution >= 4 is 11.9 Å². The van der Waals surface area contributed by atoms with E-state index < -0.39 is 0 Å². The van der Waals surface area contributed by atoms with Crippen LogP contribution in [0.15, 0.2) is 47.7 Å². The van der Waals surface area contributed by atoms with Crippen LogP contribution in [-0.4, -0.2) is 11.2 Å². The summed E-state index contributed by atoms with van der Waals surface area (Å²) in [6, 6.07) is 3.89. The summed E-state index contributed by atoms with van der Waals surface area (Å²) in [5.74, 6) is 0. The van der Waals surface area contributed by atoms with Gasteiger partial charge in [0, 0.05) is 24.2 Å². The van der Waals surface area contributed by atoms with Gasteiger partial charge in [-0.15, -0.1) is 0 Å². The first-order valence-electron chi connectivity index (χ1n) is 5.60. The first-order valence-corrected chi connectivity index (χ1v) is 5.60. The minimum atomic E-state index is 0.952. The number of aliphatic imine (C=N–C) groups is 1. The average molecular weight is 216 g/mol. The van der Waals surface area contributed by atoms with Gasteiger partial charge in [-0.1, -0.05) is 26.0 Å². The monoisotopic (exact) mass is 216 g/mol. The molecule has 1 aromatic heterocycles. The number of aromatic nitrogens is 1. The molecule has 16 heavy (non-hydrogen) atoms. The van der Waals surface area contributed by atoms with Crippen molar-refractivity contribution in [2.24, 2.45) is 4.99 Å². The lowest BCUT2D eigenvalue weighted by molar-refractivity contribution is 1.31. The van der Waals surface area contributed by atoms with Crippen molar-refractivity contribution in [3.05, 3.63) is 48.3 Å². The highest BCUT2D eigenvalue weighted by Gasteiger charge is 1.95. The van der Waals surface area contributed by atoms with Crippen molar-refractivity contribution in [3.8, 4) is 0 Å². The molecule has 0 radical (unpaired) electrons. The third-order valence-electron chi connectivity index (χ3n) is 1.69. The van der Waals surface area contributed by atoms with E-state index in [1.165, 1.54) is 0 Å². The smallest absolute Gasteiger partial charge is 0.0698 e. The van der Waals surface area contributed by atoms with Crippen LogP contribution >= 0.6 is 0 Å². The molecule has 0 spiro atoms. The summed E-state index contributed by atoms with van der Waals surface area (Å²) in [6.07, 6.45) is 11.3. The standard InChI is InChI=1S/C12H14N2.C2H6/c1-3-5-6-12(14-4-2)11-7-9-13-10-8-11;1-2/h3-10H,1-2H3;1-2H3/b5-3-,12-6-,14-4?;. The molecule has 0 atom stereocenters. The summed E-state index contributed by atoms with van der Waals surface area (Å²) >= 11 is 0. The van der Waals surface area contributed by atoms with Crippen molar-refractivity contribution in [2.75, 3.05) is 0 Å². The highest BCUT2D eigenvalue weighted by molar-refractivity contribution is 5.73. The van der Waals surface area contributed by atoms with Crippen LogP contribution in [-0.2, 0) is 0 Å². The Bertz CT molecular complexity index is 348. The predicted octanol–water partition coefficient (Wildman–Crippen LogP) is 4.12. The molecule has 86 valence electrons. The van der Waals surface area contributed by atoms with Crippen molar-refractivity contribution < 1.29 is 0 Å². The zero-order valence-corrected chi connectivity index (χ0v) is 10.5. The van der Waals surface area contributed by atoms with E-state index in [9.17, 15) is 0 Å². The Labute approximate surface area is 98.5 Å². The number of rotatable bonds is 3. The second-order valence-electron chi connectivity index (χ2n) is 2.70. The molecule has 0 aliphatic carbocycles. The Morgan fingerprint density at radius 1 is 1.19 bits per heavy atom. The maximum atomic E-state index is 4.29. The molecule has 1 rings (SSSR count). The van der Waals surface area contributed by atoms with Crippen LogP contribution in [0.5, 0.6) is 0 Å². The second kappa shape index (κ2) is 9.84. The van der Waals surface area contributed by atoms with Crippen LogP contribution in [0.2, 0.25) is 0 Å². The fraction of sp³-hybridized carbons (Fsp3) is 0.286. The maximum absolute atomic E-state index is 4.29. The molecular weight excluding hydrogens is 196 g/mol. The number of nitrogens with zero attached hydrogens (tertiary/aromatic N) is 2. The van der Waals surface area contributed by atoms with Crippen molar-refractivity contribution in [2.45, 2.75) is 27.7 Å². The molecule has 0 unspecified atom stereocenters. The second-order valence-corrected chi connectivity index (χ2v) is 2.70. The summed E-state index contributed by atoms with van der Waals surface area (Å²) in [6.45, 7) is 7.89. The summed E-state index contributed by atoms with van der Waals surface area (Å²) < 4.78 is 0. The molecule has 2 heteroatoms. The van der Waals surface area contributed by atoms with Gasteiger partial charge in [0.05, 0.1) is 5.70 Å². The van der Waals surface area contributed by atoms with Crippen molar-refractivity contribution in [1.82, 2.24) is 4.98 Å². The van der Waals surface area contributed by atoms with E-state index in [-0.39, 0.29) is 0 Å². The molecule has 0 aliphatic rings. The average Bonchev–Trinajstić information content (AvgIpc) is 2.38. The van der Waals surface area contributed by atoms with Crippen LogP contribution in [0.4, 0.5) is 0 Å². The van der Waals surface area contributed by atoms with Crippen molar-refractivity contribution in [3.63, 3.8) is 0 Å². The van der Waals surface area contributed by atoms with E-state index in [2.05, 4.69) is 9.98 Å². The van der Waals surface area contributed by atoms with Crippen LogP contribution in [0.3, 0.4) is 0 Å². The Balaban J connectivity index is 0.00000106. The largest absolute Gasteiger partial charge is 0.265 e. The third-order valence-corrected chi connectivity index (χ3v) is 1.69. The Morgan fingerprint density at radius 2 is 1.81 bits per heavy atom. The van der Waals surface area contributed by atoms with Crippen LogP contribution < -0.4 is 0 Å². The van der Waals surface area contributed by atoms with E-state index >= 15 is 0 Å². The normalized spacial score (nSPS) is 11.6. The highest BCUT2D eigenvalue weighted by Crippen LogP contribution is 2.14. The van der Waals surface area contributed by atoms with Crippen LogP contribution in [0.25, 0.3) is 5.70 Å². The highest BCUT2D eigenvalue weighted by atomic mass is 14.7. The molecule has 0 fully saturated rings. The third kappa shape index (κ3) is 5.25. The Kier molecular flexibility index (Phi) is 8.79. The van der Waals surface area contributed by atoms with Crippen molar-refractivity contribution in [1.29, 1.82) is 0 Å². The molecule has 0 aliphatic heterocycles. The Hall–Kier alpha value is -1.70. The lowest BCUT2D eigenvalue weighted by atomic mass is 10.2.